The van der Waals surface area contributed by atoms with Crippen LogP contribution in [0.15, 0.2) is 41.8 Å². The first-order chi connectivity index (χ1) is 9.65. The topological polar surface area (TPSA) is 20.3 Å². The summed E-state index contributed by atoms with van der Waals surface area (Å²) < 4.78 is 0. The molecule has 0 N–H and O–H groups in total. The van der Waals surface area contributed by atoms with Gasteiger partial charge in [0.15, 0.2) is 5.78 Å². The van der Waals surface area contributed by atoms with Crippen LogP contribution >= 0.6 is 22.9 Å². The summed E-state index contributed by atoms with van der Waals surface area (Å²) in [6.07, 6.45) is 0. The SMILES string of the molecule is CN1C[C@H](c2ccc(Cl)cc2)[C@H](C(=O)c2cccs2)C1. The van der Waals surface area contributed by atoms with Gasteiger partial charge in [0.25, 0.3) is 0 Å². The number of hydrogen-bond donors (Lipinski definition) is 0. The van der Waals surface area contributed by atoms with Gasteiger partial charge >= 0.3 is 0 Å². The van der Waals surface area contributed by atoms with Crippen LogP contribution in [0.25, 0.3) is 0 Å². The number of Topliss-reactive ketones (excluding diaryl/α,β-unsaturated/α-hetero) is 1. The highest BCUT2D eigenvalue weighted by Crippen LogP contribution is 2.35. The van der Waals surface area contributed by atoms with Crippen LogP contribution in [0.2, 0.25) is 5.02 Å². The fourth-order valence-electron chi connectivity index (χ4n) is 2.92. The molecule has 1 aromatic heterocycles. The highest BCUT2D eigenvalue weighted by molar-refractivity contribution is 7.12. The maximum Gasteiger partial charge on any atom is 0.177 e. The van der Waals surface area contributed by atoms with Crippen LogP contribution in [-0.2, 0) is 0 Å². The second-order valence-corrected chi connectivity index (χ2v) is 6.71. The van der Waals surface area contributed by atoms with E-state index in [1.54, 1.807) is 0 Å². The second-order valence-electron chi connectivity index (χ2n) is 5.33. The highest BCUT2D eigenvalue weighted by atomic mass is 35.5. The van der Waals surface area contributed by atoms with Crippen LogP contribution in [-0.4, -0.2) is 30.8 Å². The summed E-state index contributed by atoms with van der Waals surface area (Å²) in [4.78, 5) is 15.8. The van der Waals surface area contributed by atoms with E-state index in [0.29, 0.717) is 0 Å². The summed E-state index contributed by atoms with van der Waals surface area (Å²) >= 11 is 7.48. The smallest absolute Gasteiger partial charge is 0.177 e. The molecule has 2 aromatic rings. The van der Waals surface area contributed by atoms with Gasteiger partial charge in [-0.1, -0.05) is 29.8 Å². The molecule has 1 saturated heterocycles. The maximum absolute atomic E-state index is 12.7. The van der Waals surface area contributed by atoms with E-state index in [1.165, 1.54) is 16.9 Å². The third-order valence-corrected chi connectivity index (χ3v) is 5.04. The van der Waals surface area contributed by atoms with Crippen LogP contribution in [0.1, 0.15) is 21.2 Å². The number of likely N-dealkylation sites (tertiary alicyclic amines) is 1. The lowest BCUT2D eigenvalue weighted by molar-refractivity contribution is 0.0920. The number of rotatable bonds is 3. The molecule has 0 aliphatic carbocycles. The van der Waals surface area contributed by atoms with Crippen molar-refractivity contribution < 1.29 is 4.79 Å². The van der Waals surface area contributed by atoms with E-state index in [4.69, 9.17) is 11.6 Å². The molecule has 1 fully saturated rings. The molecule has 0 radical (unpaired) electrons. The number of carbonyl (C=O) groups excluding carboxylic acids is 1. The van der Waals surface area contributed by atoms with Crippen molar-refractivity contribution >= 4 is 28.7 Å². The summed E-state index contributed by atoms with van der Waals surface area (Å²) in [5, 5.41) is 2.70. The average molecular weight is 306 g/mol. The van der Waals surface area contributed by atoms with E-state index >= 15 is 0 Å². The number of ketones is 1. The Kier molecular flexibility index (Phi) is 3.92. The van der Waals surface area contributed by atoms with Crippen molar-refractivity contribution in [2.45, 2.75) is 5.92 Å². The number of benzene rings is 1. The molecule has 1 aliphatic rings. The largest absolute Gasteiger partial charge is 0.305 e. The Morgan fingerprint density at radius 2 is 2.00 bits per heavy atom. The maximum atomic E-state index is 12.7. The van der Waals surface area contributed by atoms with Crippen LogP contribution < -0.4 is 0 Å². The number of carbonyl (C=O) groups is 1. The van der Waals surface area contributed by atoms with Gasteiger partial charge in [-0.05, 0) is 36.2 Å². The summed E-state index contributed by atoms with van der Waals surface area (Å²) in [6.45, 7) is 1.74. The van der Waals surface area contributed by atoms with Crippen molar-refractivity contribution in [1.29, 1.82) is 0 Å². The van der Waals surface area contributed by atoms with Crippen molar-refractivity contribution in [2.24, 2.45) is 5.92 Å². The zero-order valence-corrected chi connectivity index (χ0v) is 12.8. The predicted octanol–water partition coefficient (Wildman–Crippen LogP) is 3.93. The Hall–Kier alpha value is -1.16. The molecular formula is C16H16ClNOS. The van der Waals surface area contributed by atoms with Crippen molar-refractivity contribution in [3.63, 3.8) is 0 Å². The summed E-state index contributed by atoms with van der Waals surface area (Å²) in [5.74, 6) is 0.566. The van der Waals surface area contributed by atoms with Gasteiger partial charge < -0.3 is 4.90 Å². The Balaban J connectivity index is 1.89. The summed E-state index contributed by atoms with van der Waals surface area (Å²) in [5.41, 5.74) is 1.20. The molecule has 1 aliphatic heterocycles. The third kappa shape index (κ3) is 2.66. The molecule has 0 amide bonds. The zero-order valence-electron chi connectivity index (χ0n) is 11.3. The van der Waals surface area contributed by atoms with Crippen molar-refractivity contribution in [2.75, 3.05) is 20.1 Å². The average Bonchev–Trinajstić information content (AvgIpc) is 3.08. The van der Waals surface area contributed by atoms with Gasteiger partial charge in [-0.3, -0.25) is 4.79 Å². The first-order valence-corrected chi connectivity index (χ1v) is 7.92. The van der Waals surface area contributed by atoms with Crippen LogP contribution in [0.3, 0.4) is 0 Å². The first kappa shape index (κ1) is 13.8. The van der Waals surface area contributed by atoms with E-state index in [0.717, 1.165) is 23.0 Å². The first-order valence-electron chi connectivity index (χ1n) is 6.67. The van der Waals surface area contributed by atoms with Gasteiger partial charge in [0, 0.05) is 29.9 Å². The fourth-order valence-corrected chi connectivity index (χ4v) is 3.77. The van der Waals surface area contributed by atoms with Crippen molar-refractivity contribution in [1.82, 2.24) is 4.90 Å². The molecular weight excluding hydrogens is 290 g/mol. The minimum Gasteiger partial charge on any atom is -0.305 e. The van der Waals surface area contributed by atoms with Crippen LogP contribution in [0, 0.1) is 5.92 Å². The summed E-state index contributed by atoms with van der Waals surface area (Å²) in [7, 11) is 2.07. The number of likely N-dealkylation sites (N-methyl/N-ethyl adjacent to an activating group) is 1. The van der Waals surface area contributed by atoms with E-state index in [9.17, 15) is 4.79 Å². The Morgan fingerprint density at radius 1 is 1.25 bits per heavy atom. The number of hydrogen-bond acceptors (Lipinski definition) is 3. The highest BCUT2D eigenvalue weighted by Gasteiger charge is 2.37. The van der Waals surface area contributed by atoms with Crippen LogP contribution in [0.4, 0.5) is 0 Å². The molecule has 2 heterocycles. The van der Waals surface area contributed by atoms with Gasteiger partial charge in [-0.15, -0.1) is 11.3 Å². The lowest BCUT2D eigenvalue weighted by atomic mass is 9.85. The Morgan fingerprint density at radius 3 is 2.65 bits per heavy atom. The molecule has 3 rings (SSSR count). The van der Waals surface area contributed by atoms with Crippen molar-refractivity contribution in [3.8, 4) is 0 Å². The molecule has 0 unspecified atom stereocenters. The molecule has 1 aromatic carbocycles. The predicted molar refractivity (Wildman–Crippen MR) is 83.8 cm³/mol. The lowest BCUT2D eigenvalue weighted by Crippen LogP contribution is -2.21. The molecule has 2 nitrogen and oxygen atoms in total. The zero-order chi connectivity index (χ0) is 14.1. The van der Waals surface area contributed by atoms with E-state index in [1.807, 2.05) is 41.8 Å². The monoisotopic (exact) mass is 305 g/mol. The molecule has 2 atom stereocenters. The molecule has 0 saturated carbocycles. The third-order valence-electron chi connectivity index (χ3n) is 3.90. The number of thiophene rings is 1. The van der Waals surface area contributed by atoms with Gasteiger partial charge in [0.05, 0.1) is 4.88 Å². The molecule has 0 bridgehead atoms. The second kappa shape index (κ2) is 5.68. The molecule has 4 heteroatoms. The quantitative estimate of drug-likeness (QED) is 0.801. The minimum atomic E-state index is 0.0415. The fraction of sp³-hybridized carbons (Fsp3) is 0.312. The standard InChI is InChI=1S/C16H16ClNOS/c1-18-9-13(11-4-6-12(17)7-5-11)14(10-18)16(19)15-3-2-8-20-15/h2-8,13-14H,9-10H2,1H3/t13-,14-/m1/s1. The Labute approximate surface area is 128 Å². The van der Waals surface area contributed by atoms with Crippen molar-refractivity contribution in [3.05, 3.63) is 57.2 Å². The number of nitrogens with zero attached hydrogens (tertiary/aromatic N) is 1. The van der Waals surface area contributed by atoms with Gasteiger partial charge in [0.2, 0.25) is 0 Å². The lowest BCUT2D eigenvalue weighted by Gasteiger charge is -2.17. The molecule has 0 spiro atoms. The van der Waals surface area contributed by atoms with E-state index in [-0.39, 0.29) is 17.6 Å². The summed E-state index contributed by atoms with van der Waals surface area (Å²) in [6, 6.07) is 11.8. The Bertz CT molecular complexity index is 593. The molecule has 104 valence electrons. The van der Waals surface area contributed by atoms with Gasteiger partial charge in [0.1, 0.15) is 0 Å². The molecule has 20 heavy (non-hydrogen) atoms. The van der Waals surface area contributed by atoms with E-state index < -0.39 is 0 Å². The van der Waals surface area contributed by atoms with E-state index in [2.05, 4.69) is 11.9 Å². The normalized spacial score (nSPS) is 23.1. The van der Waals surface area contributed by atoms with Crippen LogP contribution in [0.5, 0.6) is 0 Å². The van der Waals surface area contributed by atoms with Gasteiger partial charge in [-0.2, -0.15) is 0 Å². The number of halogens is 1. The van der Waals surface area contributed by atoms with Gasteiger partial charge in [-0.25, -0.2) is 0 Å². The minimum absolute atomic E-state index is 0.0415.